The zero-order valence-electron chi connectivity index (χ0n) is 11.1. The normalized spacial score (nSPS) is 23.8. The third-order valence-corrected chi connectivity index (χ3v) is 3.23. The lowest BCUT2D eigenvalue weighted by Crippen LogP contribution is -2.42. The zero-order valence-corrected chi connectivity index (χ0v) is 11.1. The molecule has 2 atom stereocenters. The van der Waals surface area contributed by atoms with Crippen LogP contribution in [-0.4, -0.2) is 41.0 Å². The minimum Gasteiger partial charge on any atom is -0.481 e. The summed E-state index contributed by atoms with van der Waals surface area (Å²) in [6.45, 7) is 5.96. The maximum absolute atomic E-state index is 12.3. The monoisotopic (exact) mass is 249 g/mol. The van der Waals surface area contributed by atoms with Gasteiger partial charge in [0.15, 0.2) is 0 Å². The van der Waals surface area contributed by atoms with Crippen LogP contribution in [0.3, 0.4) is 0 Å². The Labute approximate surface area is 107 Å². The minimum absolute atomic E-state index is 0.0332. The molecule has 1 aliphatic heterocycles. The van der Waals surface area contributed by atoms with Gasteiger partial charge in [-0.1, -0.05) is 13.8 Å². The summed E-state index contributed by atoms with van der Waals surface area (Å²) >= 11 is 0. The maximum atomic E-state index is 12.3. The number of aromatic nitrogens is 2. The quantitative estimate of drug-likeness (QED) is 0.799. The largest absolute Gasteiger partial charge is 0.481 e. The zero-order chi connectivity index (χ0) is 13.1. The molecule has 0 saturated carbocycles. The Morgan fingerprint density at radius 3 is 2.61 bits per heavy atom. The molecular formula is C13H19N3O2. The predicted octanol–water partition coefficient (Wildman–Crippen LogP) is 1.60. The summed E-state index contributed by atoms with van der Waals surface area (Å²) in [5, 5.41) is 0. The first-order valence-corrected chi connectivity index (χ1v) is 6.25. The van der Waals surface area contributed by atoms with Gasteiger partial charge in [0.05, 0.1) is 7.11 Å². The number of methoxy groups -OCH3 is 1. The van der Waals surface area contributed by atoms with Gasteiger partial charge in [0.25, 0.3) is 5.91 Å². The summed E-state index contributed by atoms with van der Waals surface area (Å²) in [6, 6.07) is 1.59. The van der Waals surface area contributed by atoms with Gasteiger partial charge in [-0.2, -0.15) is 0 Å². The number of ether oxygens (including phenoxy) is 1. The molecule has 5 heteroatoms. The highest BCUT2D eigenvalue weighted by Gasteiger charge is 2.26. The number of rotatable bonds is 2. The highest BCUT2D eigenvalue weighted by molar-refractivity contribution is 5.92. The number of hydrogen-bond acceptors (Lipinski definition) is 4. The molecule has 1 aromatic heterocycles. The lowest BCUT2D eigenvalue weighted by Gasteiger charge is -2.34. The van der Waals surface area contributed by atoms with E-state index in [9.17, 15) is 4.79 Å². The Kier molecular flexibility index (Phi) is 3.79. The van der Waals surface area contributed by atoms with Crippen molar-refractivity contribution in [1.82, 2.24) is 14.9 Å². The fourth-order valence-electron chi connectivity index (χ4n) is 2.56. The molecule has 0 N–H and O–H groups in total. The van der Waals surface area contributed by atoms with E-state index in [0.717, 1.165) is 13.1 Å². The topological polar surface area (TPSA) is 55.3 Å². The van der Waals surface area contributed by atoms with Crippen LogP contribution < -0.4 is 4.74 Å². The molecule has 2 rings (SSSR count). The van der Waals surface area contributed by atoms with Crippen LogP contribution in [0.25, 0.3) is 0 Å². The lowest BCUT2D eigenvalue weighted by atomic mass is 9.92. The van der Waals surface area contributed by atoms with Crippen LogP contribution in [0.15, 0.2) is 12.4 Å². The molecule has 0 radical (unpaired) electrons. The molecule has 0 aromatic carbocycles. The van der Waals surface area contributed by atoms with Gasteiger partial charge >= 0.3 is 0 Å². The summed E-state index contributed by atoms with van der Waals surface area (Å²) in [4.78, 5) is 22.2. The highest BCUT2D eigenvalue weighted by Crippen LogP contribution is 2.22. The van der Waals surface area contributed by atoms with Crippen molar-refractivity contribution in [2.75, 3.05) is 20.2 Å². The van der Waals surface area contributed by atoms with Crippen LogP contribution in [-0.2, 0) is 0 Å². The number of piperidine rings is 1. The summed E-state index contributed by atoms with van der Waals surface area (Å²) in [5.74, 6) is 1.48. The van der Waals surface area contributed by atoms with Gasteiger partial charge in [-0.05, 0) is 18.3 Å². The molecular weight excluding hydrogens is 230 g/mol. The predicted molar refractivity (Wildman–Crippen MR) is 67.4 cm³/mol. The van der Waals surface area contributed by atoms with Gasteiger partial charge in [-0.25, -0.2) is 9.97 Å². The summed E-state index contributed by atoms with van der Waals surface area (Å²) in [7, 11) is 1.53. The molecule has 98 valence electrons. The molecule has 2 unspecified atom stereocenters. The van der Waals surface area contributed by atoms with E-state index in [4.69, 9.17) is 4.74 Å². The van der Waals surface area contributed by atoms with Crippen LogP contribution in [0.1, 0.15) is 30.8 Å². The number of nitrogens with zero attached hydrogens (tertiary/aromatic N) is 3. The number of carbonyl (C=O) groups excluding carboxylic acids is 1. The van der Waals surface area contributed by atoms with Crippen molar-refractivity contribution in [2.24, 2.45) is 11.8 Å². The average Bonchev–Trinajstić information content (AvgIpc) is 2.37. The smallest absolute Gasteiger partial charge is 0.272 e. The number of hydrogen-bond donors (Lipinski definition) is 0. The molecule has 2 heterocycles. The third-order valence-electron chi connectivity index (χ3n) is 3.23. The lowest BCUT2D eigenvalue weighted by molar-refractivity contribution is 0.0616. The van der Waals surface area contributed by atoms with Gasteiger partial charge in [-0.15, -0.1) is 0 Å². The van der Waals surface area contributed by atoms with E-state index in [1.165, 1.54) is 19.9 Å². The second kappa shape index (κ2) is 5.33. The van der Waals surface area contributed by atoms with Gasteiger partial charge in [0, 0.05) is 19.2 Å². The van der Waals surface area contributed by atoms with E-state index in [2.05, 4.69) is 23.8 Å². The summed E-state index contributed by atoms with van der Waals surface area (Å²) < 4.78 is 5.01. The Bertz CT molecular complexity index is 426. The van der Waals surface area contributed by atoms with Gasteiger partial charge in [-0.3, -0.25) is 4.79 Å². The van der Waals surface area contributed by atoms with E-state index in [0.29, 0.717) is 23.4 Å². The first-order chi connectivity index (χ1) is 8.60. The molecule has 1 saturated heterocycles. The van der Waals surface area contributed by atoms with E-state index in [1.807, 2.05) is 4.90 Å². The second-order valence-electron chi connectivity index (χ2n) is 5.10. The number of amides is 1. The molecule has 1 amide bonds. The molecule has 1 fully saturated rings. The van der Waals surface area contributed by atoms with Crippen molar-refractivity contribution in [1.29, 1.82) is 0 Å². The average molecular weight is 249 g/mol. The standard InChI is InChI=1S/C13H19N3O2/c1-9-4-10(2)7-16(6-9)13(17)11-5-12(18-3)15-8-14-11/h5,8-10H,4,6-7H2,1-3H3. The first kappa shape index (κ1) is 12.8. The fraction of sp³-hybridized carbons (Fsp3) is 0.615. The molecule has 5 nitrogen and oxygen atoms in total. The number of likely N-dealkylation sites (tertiary alicyclic amines) is 1. The van der Waals surface area contributed by atoms with E-state index >= 15 is 0 Å². The SMILES string of the molecule is COc1cc(C(=O)N2CC(C)CC(C)C2)ncn1. The minimum atomic E-state index is -0.0332. The molecule has 1 aliphatic rings. The van der Waals surface area contributed by atoms with E-state index in [-0.39, 0.29) is 5.91 Å². The molecule has 0 spiro atoms. The van der Waals surface area contributed by atoms with Gasteiger partial charge in [0.2, 0.25) is 5.88 Å². The Morgan fingerprint density at radius 1 is 1.33 bits per heavy atom. The molecule has 18 heavy (non-hydrogen) atoms. The van der Waals surface area contributed by atoms with Crippen molar-refractivity contribution < 1.29 is 9.53 Å². The Morgan fingerprint density at radius 2 is 2.00 bits per heavy atom. The van der Waals surface area contributed by atoms with Crippen molar-refractivity contribution in [2.45, 2.75) is 20.3 Å². The van der Waals surface area contributed by atoms with Crippen LogP contribution in [0, 0.1) is 11.8 Å². The van der Waals surface area contributed by atoms with Crippen LogP contribution in [0.4, 0.5) is 0 Å². The third kappa shape index (κ3) is 2.78. The maximum Gasteiger partial charge on any atom is 0.272 e. The van der Waals surface area contributed by atoms with Crippen molar-refractivity contribution in [3.05, 3.63) is 18.1 Å². The van der Waals surface area contributed by atoms with Crippen molar-refractivity contribution in [3.63, 3.8) is 0 Å². The summed E-state index contributed by atoms with van der Waals surface area (Å²) in [6.07, 6.45) is 2.54. The van der Waals surface area contributed by atoms with Gasteiger partial charge < -0.3 is 9.64 Å². The highest BCUT2D eigenvalue weighted by atomic mass is 16.5. The molecule has 0 aliphatic carbocycles. The van der Waals surface area contributed by atoms with Crippen molar-refractivity contribution >= 4 is 5.91 Å². The second-order valence-corrected chi connectivity index (χ2v) is 5.10. The van der Waals surface area contributed by atoms with Crippen LogP contribution >= 0.6 is 0 Å². The fourth-order valence-corrected chi connectivity index (χ4v) is 2.56. The van der Waals surface area contributed by atoms with Crippen LogP contribution in [0.5, 0.6) is 5.88 Å². The van der Waals surface area contributed by atoms with Crippen molar-refractivity contribution in [3.8, 4) is 5.88 Å². The van der Waals surface area contributed by atoms with Gasteiger partial charge in [0.1, 0.15) is 12.0 Å². The molecule has 1 aromatic rings. The molecule has 0 bridgehead atoms. The van der Waals surface area contributed by atoms with Crippen LogP contribution in [0.2, 0.25) is 0 Å². The number of carbonyl (C=O) groups is 1. The Hall–Kier alpha value is -1.65. The first-order valence-electron chi connectivity index (χ1n) is 6.25. The van der Waals surface area contributed by atoms with E-state index in [1.54, 1.807) is 6.07 Å². The Balaban J connectivity index is 2.14. The summed E-state index contributed by atoms with van der Waals surface area (Å²) in [5.41, 5.74) is 0.406. The van der Waals surface area contributed by atoms with E-state index < -0.39 is 0 Å².